The molecule has 1 amide bonds. The Morgan fingerprint density at radius 1 is 1.27 bits per heavy atom. The number of carbonyl (C=O) groups is 1. The fourth-order valence-electron chi connectivity index (χ4n) is 2.49. The summed E-state index contributed by atoms with van der Waals surface area (Å²) in [5.74, 6) is 1.10. The zero-order chi connectivity index (χ0) is 15.1. The number of rotatable bonds is 2. The van der Waals surface area contributed by atoms with Gasteiger partial charge in [0.25, 0.3) is 5.91 Å². The first-order valence-electron chi connectivity index (χ1n) is 6.86. The van der Waals surface area contributed by atoms with Crippen LogP contribution in [0, 0.1) is 6.92 Å². The molecule has 22 heavy (non-hydrogen) atoms. The van der Waals surface area contributed by atoms with E-state index in [1.807, 2.05) is 29.8 Å². The van der Waals surface area contributed by atoms with Crippen LogP contribution >= 0.6 is 0 Å². The number of aryl methyl sites for hydroxylation is 1. The van der Waals surface area contributed by atoms with Gasteiger partial charge in [0, 0.05) is 24.1 Å². The lowest BCUT2D eigenvalue weighted by atomic mass is 10.2. The molecule has 0 saturated heterocycles. The van der Waals surface area contributed by atoms with Gasteiger partial charge in [0.15, 0.2) is 11.5 Å². The predicted molar refractivity (Wildman–Crippen MR) is 80.4 cm³/mol. The van der Waals surface area contributed by atoms with Crippen LogP contribution in [-0.4, -0.2) is 22.1 Å². The maximum atomic E-state index is 12.5. The van der Waals surface area contributed by atoms with Crippen molar-refractivity contribution in [3.05, 3.63) is 54.0 Å². The minimum Gasteiger partial charge on any atom is -0.454 e. The molecule has 0 radical (unpaired) electrons. The third kappa shape index (κ3) is 2.05. The van der Waals surface area contributed by atoms with E-state index in [0.29, 0.717) is 28.4 Å². The number of carbonyl (C=O) groups excluding carboxylic acids is 1. The molecule has 3 aromatic rings. The lowest BCUT2D eigenvalue weighted by Crippen LogP contribution is -2.13. The molecule has 6 nitrogen and oxygen atoms in total. The maximum absolute atomic E-state index is 12.5. The lowest BCUT2D eigenvalue weighted by Gasteiger charge is -2.07. The highest BCUT2D eigenvalue weighted by molar-refractivity contribution is 6.08. The molecule has 1 aliphatic rings. The summed E-state index contributed by atoms with van der Waals surface area (Å²) in [6, 6.07) is 8.88. The topological polar surface area (TPSA) is 64.9 Å². The van der Waals surface area contributed by atoms with Crippen molar-refractivity contribution >= 4 is 17.2 Å². The summed E-state index contributed by atoms with van der Waals surface area (Å²) >= 11 is 0. The van der Waals surface area contributed by atoms with E-state index in [1.165, 1.54) is 0 Å². The van der Waals surface area contributed by atoms with Gasteiger partial charge in [0.1, 0.15) is 5.65 Å². The van der Waals surface area contributed by atoms with E-state index in [-0.39, 0.29) is 12.7 Å². The van der Waals surface area contributed by atoms with Gasteiger partial charge >= 0.3 is 0 Å². The fraction of sp³-hybridized carbons (Fsp3) is 0.125. The molecule has 0 fully saturated rings. The Labute approximate surface area is 126 Å². The van der Waals surface area contributed by atoms with Crippen molar-refractivity contribution in [2.45, 2.75) is 6.92 Å². The normalized spacial score (nSPS) is 12.6. The monoisotopic (exact) mass is 295 g/mol. The molecular weight excluding hydrogens is 282 g/mol. The Hall–Kier alpha value is -3.02. The molecule has 0 aliphatic carbocycles. The van der Waals surface area contributed by atoms with Crippen molar-refractivity contribution < 1.29 is 14.3 Å². The third-order valence-electron chi connectivity index (χ3n) is 3.48. The van der Waals surface area contributed by atoms with Crippen molar-refractivity contribution in [2.24, 2.45) is 0 Å². The van der Waals surface area contributed by atoms with Crippen molar-refractivity contribution in [1.82, 2.24) is 9.38 Å². The highest BCUT2D eigenvalue weighted by atomic mass is 16.7. The van der Waals surface area contributed by atoms with E-state index < -0.39 is 0 Å². The Kier molecular flexibility index (Phi) is 2.75. The smallest absolute Gasteiger partial charge is 0.259 e. The highest BCUT2D eigenvalue weighted by Crippen LogP contribution is 2.34. The first-order chi connectivity index (χ1) is 10.7. The number of fused-ring (bicyclic) bond motifs is 2. The number of amides is 1. The molecule has 0 atom stereocenters. The van der Waals surface area contributed by atoms with Crippen LogP contribution in [0.15, 0.2) is 42.7 Å². The molecular formula is C16H13N3O3. The summed E-state index contributed by atoms with van der Waals surface area (Å²) in [4.78, 5) is 16.9. The second-order valence-electron chi connectivity index (χ2n) is 5.06. The Bertz CT molecular complexity index is 885. The van der Waals surface area contributed by atoms with E-state index in [0.717, 1.165) is 5.69 Å². The van der Waals surface area contributed by atoms with Crippen molar-refractivity contribution in [1.29, 1.82) is 0 Å². The number of hydrogen-bond acceptors (Lipinski definition) is 4. The van der Waals surface area contributed by atoms with Crippen LogP contribution in [0.4, 0.5) is 5.69 Å². The fourth-order valence-corrected chi connectivity index (χ4v) is 2.49. The van der Waals surface area contributed by atoms with Crippen molar-refractivity contribution in [3.63, 3.8) is 0 Å². The lowest BCUT2D eigenvalue weighted by molar-refractivity contribution is 0.102. The molecule has 1 aromatic carbocycles. The largest absolute Gasteiger partial charge is 0.454 e. The molecule has 6 heteroatoms. The van der Waals surface area contributed by atoms with Gasteiger partial charge in [-0.25, -0.2) is 4.98 Å². The molecule has 0 spiro atoms. The molecule has 0 unspecified atom stereocenters. The van der Waals surface area contributed by atoms with Crippen LogP contribution < -0.4 is 14.8 Å². The first-order valence-corrected chi connectivity index (χ1v) is 6.86. The first kappa shape index (κ1) is 12.7. The van der Waals surface area contributed by atoms with Crippen LogP contribution in [-0.2, 0) is 0 Å². The standard InChI is InChI=1S/C16H13N3O3/c1-10-8-19-6-2-3-12(15(19)17-10)16(20)18-11-4-5-13-14(7-11)22-9-21-13/h2-8H,9H2,1H3,(H,18,20). The van der Waals surface area contributed by atoms with Gasteiger partial charge < -0.3 is 19.2 Å². The van der Waals surface area contributed by atoms with Gasteiger partial charge in [0.05, 0.1) is 11.3 Å². The SMILES string of the molecule is Cc1cn2cccc(C(=O)Nc3ccc4c(c3)OCO4)c2n1. The average molecular weight is 295 g/mol. The molecule has 110 valence electrons. The van der Waals surface area contributed by atoms with E-state index in [9.17, 15) is 4.79 Å². The zero-order valence-electron chi connectivity index (χ0n) is 11.9. The number of benzene rings is 1. The minimum atomic E-state index is -0.213. The zero-order valence-corrected chi connectivity index (χ0v) is 11.9. The van der Waals surface area contributed by atoms with E-state index in [2.05, 4.69) is 10.3 Å². The van der Waals surface area contributed by atoms with Crippen LogP contribution in [0.3, 0.4) is 0 Å². The second kappa shape index (κ2) is 4.77. The summed E-state index contributed by atoms with van der Waals surface area (Å²) in [5.41, 5.74) is 2.68. The van der Waals surface area contributed by atoms with Gasteiger partial charge in [0.2, 0.25) is 6.79 Å². The Balaban J connectivity index is 1.66. The highest BCUT2D eigenvalue weighted by Gasteiger charge is 2.16. The molecule has 4 rings (SSSR count). The number of aromatic nitrogens is 2. The summed E-state index contributed by atoms with van der Waals surface area (Å²) in [6.45, 7) is 2.10. The molecule has 2 aromatic heterocycles. The van der Waals surface area contributed by atoms with Gasteiger partial charge in [-0.3, -0.25) is 4.79 Å². The van der Waals surface area contributed by atoms with Gasteiger partial charge in [-0.05, 0) is 31.2 Å². The minimum absolute atomic E-state index is 0.208. The maximum Gasteiger partial charge on any atom is 0.259 e. The number of pyridine rings is 1. The quantitative estimate of drug-likeness (QED) is 0.789. The summed E-state index contributed by atoms with van der Waals surface area (Å²) in [6.07, 6.45) is 3.75. The molecule has 1 aliphatic heterocycles. The summed E-state index contributed by atoms with van der Waals surface area (Å²) < 4.78 is 12.4. The number of nitrogens with zero attached hydrogens (tertiary/aromatic N) is 2. The van der Waals surface area contributed by atoms with Crippen molar-refractivity contribution in [2.75, 3.05) is 12.1 Å². The Morgan fingerprint density at radius 3 is 3.05 bits per heavy atom. The van der Waals surface area contributed by atoms with Gasteiger partial charge in [-0.2, -0.15) is 0 Å². The second-order valence-corrected chi connectivity index (χ2v) is 5.06. The number of imidazole rings is 1. The van der Waals surface area contributed by atoms with E-state index >= 15 is 0 Å². The summed E-state index contributed by atoms with van der Waals surface area (Å²) in [5, 5.41) is 2.86. The molecule has 0 bridgehead atoms. The van der Waals surface area contributed by atoms with Gasteiger partial charge in [-0.15, -0.1) is 0 Å². The number of anilines is 1. The van der Waals surface area contributed by atoms with Gasteiger partial charge in [-0.1, -0.05) is 0 Å². The Morgan fingerprint density at radius 2 is 2.14 bits per heavy atom. The van der Waals surface area contributed by atoms with Crippen LogP contribution in [0.1, 0.15) is 16.1 Å². The molecule has 1 N–H and O–H groups in total. The van der Waals surface area contributed by atoms with Crippen LogP contribution in [0.2, 0.25) is 0 Å². The number of ether oxygens (including phenoxy) is 2. The van der Waals surface area contributed by atoms with Crippen molar-refractivity contribution in [3.8, 4) is 11.5 Å². The van der Waals surface area contributed by atoms with Crippen LogP contribution in [0.5, 0.6) is 11.5 Å². The molecule has 3 heterocycles. The van der Waals surface area contributed by atoms with E-state index in [4.69, 9.17) is 9.47 Å². The number of hydrogen-bond donors (Lipinski definition) is 1. The molecule has 0 saturated carbocycles. The summed E-state index contributed by atoms with van der Waals surface area (Å²) in [7, 11) is 0. The average Bonchev–Trinajstić information content (AvgIpc) is 3.10. The third-order valence-corrected chi connectivity index (χ3v) is 3.48. The number of nitrogens with one attached hydrogen (secondary N) is 1. The van der Waals surface area contributed by atoms with E-state index in [1.54, 1.807) is 24.3 Å². The van der Waals surface area contributed by atoms with Crippen LogP contribution in [0.25, 0.3) is 5.65 Å². The predicted octanol–water partition coefficient (Wildman–Crippen LogP) is 2.62.